The minimum absolute atomic E-state index is 0. The van der Waals surface area contributed by atoms with Gasteiger partial charge in [0.2, 0.25) is 11.8 Å². The van der Waals surface area contributed by atoms with E-state index in [2.05, 4.69) is 253 Å². The van der Waals surface area contributed by atoms with E-state index in [9.17, 15) is 28.8 Å². The van der Waals surface area contributed by atoms with E-state index in [1.807, 2.05) is 113 Å². The monoisotopic (exact) mass is 1970 g/mol. The standard InChI is InChI=1S/C55H47N8O4.C52H40N8O4.CH3I.3ClH/c1-60-27-19-37(20-28-60)53-41-6-5-40(35-41)52(36-7-9-42(10-8-36)67-34-4-26-56-49(64)25-33-63-50(65)17-18-51(63)66)43-11-13-45(57-43)54(38-21-29-61(2)30-22-38)47-15-16-48(59-47)55(46-14-12-44(53)58-46)39-23-31-62(3)32-24-39;61-46(22-30-60-47(62)14-15-48(60)63)56-23-1-31-64-39-6-4-33(5-7-39)49-37-2-3-38(32-37)50(34-16-24-53-25-17-34)41-9-11-43(58-41)52(36-20-28-55-29-21-36)45-13-12-44(59-45)51(35-18-26-54-27-19-35)42-10-8-40(49)57-42;1-2;;;/h5-24,27-32H,4,25-26,33-35H2,1-3H3;2-21,24-29,59H,1,22-23,30-32H2,(H,56,61);1H3;3*1H/q+1;;;;;/p-1. The molecule has 28 heteroatoms. The van der Waals surface area contributed by atoms with Gasteiger partial charge in [0.05, 0.1) is 58.8 Å². The highest BCUT2D eigenvalue weighted by Crippen LogP contribution is 2.45. The normalized spacial score (nSPS) is 15.8. The van der Waals surface area contributed by atoms with Crippen LogP contribution in [0.2, 0.25) is 0 Å². The molecule has 0 radical (unpaired) electrons. The SMILES string of the molecule is CI.C[n+]1ccc(C2=C3C=CC(=C(c4ccc(OCCCNC(=O)CCN5C(=O)C=CC5=O)cc4)C4=NC(=C(c5cc[n+](C)cc5)c5ccc([nH]5)C(c5cc[n+](C)cc5)=C5C=CC2=N5)C=C4)C3)cc1.O=C(CCN1C(=O)C=CC1=O)NCCCOc1ccc(C2=C3C=CC(=C(c4ccncc4)C4=NC(=C(c5ccncc5)c5ccc([nH]5)C(c5ccncc5)=C5C=CC2=N5)C=C4)C3)cc1.[Cl-].[Cl-].[Cl-]. The molecular weight excluding hydrogens is 1880 g/mol. The van der Waals surface area contributed by atoms with Crippen molar-refractivity contribution in [2.75, 3.05) is 44.3 Å². The highest BCUT2D eigenvalue weighted by molar-refractivity contribution is 14.1. The molecule has 0 spiro atoms. The molecule has 20 rings (SSSR count). The largest absolute Gasteiger partial charge is 1.00 e. The Morgan fingerprint density at radius 2 is 0.581 bits per heavy atom. The van der Waals surface area contributed by atoms with Gasteiger partial charge in [-0.3, -0.25) is 53.5 Å². The number of benzene rings is 2. The number of amides is 6. The number of halogens is 4. The molecule has 8 aliphatic heterocycles. The van der Waals surface area contributed by atoms with Crippen LogP contribution >= 0.6 is 22.6 Å². The maximum absolute atomic E-state index is 12.4. The van der Waals surface area contributed by atoms with Crippen LogP contribution in [0.5, 0.6) is 11.5 Å². The summed E-state index contributed by atoms with van der Waals surface area (Å²) in [6.07, 6.45) is 56.4. The van der Waals surface area contributed by atoms with Crippen molar-refractivity contribution in [1.82, 2.24) is 45.4 Å². The summed E-state index contributed by atoms with van der Waals surface area (Å²) in [5.41, 5.74) is 31.3. The van der Waals surface area contributed by atoms with E-state index in [0.29, 0.717) is 63.5 Å². The number of H-pyrrole nitrogens is 2. The molecule has 0 atom stereocenters. The van der Waals surface area contributed by atoms with Gasteiger partial charge in [-0.25, -0.2) is 33.7 Å². The molecule has 10 aliphatic rings. The minimum atomic E-state index is -0.396. The second kappa shape index (κ2) is 43.7. The number of nitrogens with one attached hydrogen (secondary N) is 4. The number of rotatable bonds is 24. The van der Waals surface area contributed by atoms with Gasteiger partial charge in [-0.05, 0) is 231 Å². The summed E-state index contributed by atoms with van der Waals surface area (Å²) in [4.78, 5) is 118. The Kier molecular flexibility index (Phi) is 30.7. The van der Waals surface area contributed by atoms with Crippen molar-refractivity contribution in [1.29, 1.82) is 0 Å². The van der Waals surface area contributed by atoms with Crippen LogP contribution in [-0.4, -0.2) is 137 Å². The number of allylic oxidation sites excluding steroid dienone is 20. The van der Waals surface area contributed by atoms with Crippen LogP contribution in [-0.2, 0) is 49.9 Å². The van der Waals surface area contributed by atoms with Crippen molar-refractivity contribution in [3.63, 3.8) is 0 Å². The number of hydrogen-bond donors (Lipinski definition) is 4. The summed E-state index contributed by atoms with van der Waals surface area (Å²) in [7, 11) is 6.07. The molecule has 16 heterocycles. The third kappa shape index (κ3) is 21.2. The van der Waals surface area contributed by atoms with Crippen LogP contribution in [0.25, 0.3) is 44.6 Å². The number of fused-ring (bicyclic) bond motifs is 12. The number of carbonyl (C=O) groups excluding carboxylic acids is 6. The lowest BCUT2D eigenvalue weighted by Crippen LogP contribution is -3.00. The first kappa shape index (κ1) is 95.5. The number of ether oxygens (including phenoxy) is 2. The fourth-order valence-electron chi connectivity index (χ4n) is 17.3. The first-order chi connectivity index (χ1) is 65.1. The van der Waals surface area contributed by atoms with E-state index in [1.165, 1.54) is 24.3 Å². The molecule has 4 N–H and O–H groups in total. The van der Waals surface area contributed by atoms with Crippen LogP contribution in [0.15, 0.2) is 382 Å². The third-order valence-corrected chi connectivity index (χ3v) is 23.8. The number of alkyl halides is 1. The van der Waals surface area contributed by atoms with Crippen molar-refractivity contribution in [3.8, 4) is 11.5 Å². The fraction of sp³-hybridized carbons (Fsp3) is 0.148. The second-order valence-electron chi connectivity index (χ2n) is 32.5. The zero-order valence-electron chi connectivity index (χ0n) is 74.7. The van der Waals surface area contributed by atoms with Gasteiger partial charge >= 0.3 is 0 Å². The molecule has 0 saturated carbocycles. The number of hydrogen-bond acceptors (Lipinski definition) is 15. The van der Waals surface area contributed by atoms with E-state index in [4.69, 9.17) is 29.4 Å². The summed E-state index contributed by atoms with van der Waals surface area (Å²) < 4.78 is 18.3. The van der Waals surface area contributed by atoms with Crippen molar-refractivity contribution in [3.05, 3.63) is 430 Å². The van der Waals surface area contributed by atoms with Crippen molar-refractivity contribution in [2.24, 2.45) is 41.1 Å². The molecule has 2 aromatic carbocycles. The number of carbonyl (C=O) groups is 6. The minimum Gasteiger partial charge on any atom is -1.00 e. The maximum atomic E-state index is 12.4. The molecule has 10 aromatic rings. The number of aromatic amines is 2. The molecule has 16 bridgehead atoms. The van der Waals surface area contributed by atoms with Gasteiger partial charge in [-0.15, -0.1) is 0 Å². The molecule has 24 nitrogen and oxygen atoms in total. The summed E-state index contributed by atoms with van der Waals surface area (Å²) in [6.45, 7) is 1.69. The first-order valence-corrected chi connectivity index (χ1v) is 46.0. The number of nitrogens with zero attached hydrogens (tertiary/aromatic N) is 12. The highest BCUT2D eigenvalue weighted by atomic mass is 127. The van der Waals surface area contributed by atoms with Gasteiger partial charge in [-0.2, -0.15) is 0 Å². The Labute approximate surface area is 819 Å². The lowest BCUT2D eigenvalue weighted by atomic mass is 9.91. The Hall–Kier alpha value is -15.2. The first-order valence-electron chi connectivity index (χ1n) is 43.9. The number of aliphatic imine (C=N–C) groups is 4. The average molecular weight is 1980 g/mol. The Balaban J connectivity index is 0.000000199. The molecule has 0 saturated heterocycles. The van der Waals surface area contributed by atoms with Gasteiger partial charge in [0, 0.05) is 204 Å². The van der Waals surface area contributed by atoms with Crippen molar-refractivity contribution in [2.45, 2.75) is 38.5 Å². The molecule has 6 amide bonds. The van der Waals surface area contributed by atoms with Crippen molar-refractivity contribution < 1.29 is 89.2 Å². The van der Waals surface area contributed by atoms with Gasteiger partial charge < -0.3 is 67.3 Å². The fourth-order valence-corrected chi connectivity index (χ4v) is 17.3. The van der Waals surface area contributed by atoms with E-state index in [0.717, 1.165) is 190 Å². The lowest BCUT2D eigenvalue weighted by molar-refractivity contribution is -0.671. The van der Waals surface area contributed by atoms with E-state index >= 15 is 0 Å². The molecule has 0 unspecified atom stereocenters. The lowest BCUT2D eigenvalue weighted by Gasteiger charge is -2.15. The third-order valence-electron chi connectivity index (χ3n) is 23.8. The highest BCUT2D eigenvalue weighted by Gasteiger charge is 2.33. The summed E-state index contributed by atoms with van der Waals surface area (Å²) in [5, 5.41) is 5.69. The molecule has 680 valence electrons. The number of pyridine rings is 6. The van der Waals surface area contributed by atoms with Crippen LogP contribution in [0.1, 0.15) is 106 Å². The molecular formula is C108H92Cl3IN16O8. The Bertz CT molecular complexity index is 7030. The number of aryl methyl sites for hydroxylation is 3. The zero-order valence-corrected chi connectivity index (χ0v) is 79.1. The van der Waals surface area contributed by atoms with E-state index < -0.39 is 23.6 Å². The summed E-state index contributed by atoms with van der Waals surface area (Å²) >= 11 is 2.15. The predicted octanol–water partition coefficient (Wildman–Crippen LogP) is 5.99. The van der Waals surface area contributed by atoms with Crippen LogP contribution in [0.4, 0.5) is 0 Å². The topological polar surface area (TPSA) is 283 Å². The number of imide groups is 2. The zero-order chi connectivity index (χ0) is 91.4. The maximum Gasteiger partial charge on any atom is 0.253 e. The molecule has 8 aromatic heterocycles. The second-order valence-corrected chi connectivity index (χ2v) is 32.5. The predicted molar refractivity (Wildman–Crippen MR) is 523 cm³/mol. The van der Waals surface area contributed by atoms with Gasteiger partial charge in [-0.1, -0.05) is 71.2 Å². The quantitative estimate of drug-likeness (QED) is 0.0179. The Morgan fingerprint density at radius 3 is 0.860 bits per heavy atom. The van der Waals surface area contributed by atoms with Gasteiger partial charge in [0.15, 0.2) is 37.2 Å². The van der Waals surface area contributed by atoms with Crippen LogP contribution in [0.3, 0.4) is 0 Å². The molecule has 2 aliphatic carbocycles. The van der Waals surface area contributed by atoms with Crippen LogP contribution in [0, 0.1) is 0 Å². The van der Waals surface area contributed by atoms with Gasteiger partial charge in [0.25, 0.3) is 23.6 Å². The van der Waals surface area contributed by atoms with Crippen molar-refractivity contribution >= 4 is 125 Å². The van der Waals surface area contributed by atoms with E-state index in [1.54, 1.807) is 24.8 Å². The summed E-state index contributed by atoms with van der Waals surface area (Å²) in [6, 6.07) is 49.6. The van der Waals surface area contributed by atoms with E-state index in [-0.39, 0.29) is 75.0 Å². The number of aromatic nitrogens is 8. The summed E-state index contributed by atoms with van der Waals surface area (Å²) in [5.74, 6) is -0.630. The Morgan fingerprint density at radius 1 is 0.331 bits per heavy atom. The average Bonchev–Trinajstić information content (AvgIpc) is 1.62. The smallest absolute Gasteiger partial charge is 0.253 e. The molecule has 0 fully saturated rings. The van der Waals surface area contributed by atoms with Gasteiger partial charge in [0.1, 0.15) is 32.6 Å². The van der Waals surface area contributed by atoms with Crippen LogP contribution < -0.4 is 71.0 Å². The molecule has 136 heavy (non-hydrogen) atoms.